The van der Waals surface area contributed by atoms with Crippen LogP contribution in [0.25, 0.3) is 0 Å². The van der Waals surface area contributed by atoms with Gasteiger partial charge in [0.15, 0.2) is 5.78 Å². The Morgan fingerprint density at radius 3 is 2.67 bits per heavy atom. The number of ether oxygens (including phenoxy) is 1. The van der Waals surface area contributed by atoms with Gasteiger partial charge in [0.2, 0.25) is 5.91 Å². The lowest BCUT2D eigenvalue weighted by molar-refractivity contribution is -0.135. The first kappa shape index (κ1) is 20.1. The van der Waals surface area contributed by atoms with Crippen molar-refractivity contribution >= 4 is 17.6 Å². The average molecular weight is 410 g/mol. The Hall–Kier alpha value is -3.16. The minimum atomic E-state index is -1.10. The summed E-state index contributed by atoms with van der Waals surface area (Å²) in [5.74, 6) is -0.705. The van der Waals surface area contributed by atoms with Gasteiger partial charge in [-0.2, -0.15) is 5.10 Å². The first-order chi connectivity index (χ1) is 14.2. The van der Waals surface area contributed by atoms with E-state index in [0.29, 0.717) is 16.9 Å². The number of fused-ring (bicyclic) bond motifs is 1. The van der Waals surface area contributed by atoms with Gasteiger partial charge in [-0.3, -0.25) is 19.1 Å². The summed E-state index contributed by atoms with van der Waals surface area (Å²) < 4.78 is 7.63. The smallest absolute Gasteiger partial charge is 0.257 e. The highest BCUT2D eigenvalue weighted by atomic mass is 16.5. The lowest BCUT2D eigenvalue weighted by Gasteiger charge is -2.37. The molecule has 2 atom stereocenters. The molecular weight excluding hydrogens is 384 g/mol. The van der Waals surface area contributed by atoms with E-state index in [1.54, 1.807) is 48.1 Å². The largest absolute Gasteiger partial charge is 0.492 e. The number of ketones is 1. The predicted molar refractivity (Wildman–Crippen MR) is 109 cm³/mol. The van der Waals surface area contributed by atoms with Gasteiger partial charge >= 0.3 is 0 Å². The molecule has 0 bridgehead atoms. The minimum absolute atomic E-state index is 0.0716. The summed E-state index contributed by atoms with van der Waals surface area (Å²) in [5, 5.41) is 4.24. The lowest BCUT2D eigenvalue weighted by atomic mass is 9.71. The molecule has 2 amide bonds. The second-order valence-corrected chi connectivity index (χ2v) is 8.54. The van der Waals surface area contributed by atoms with Gasteiger partial charge in [-0.1, -0.05) is 12.1 Å². The first-order valence-electron chi connectivity index (χ1n) is 10.1. The van der Waals surface area contributed by atoms with Crippen LogP contribution < -0.4 is 4.74 Å². The Morgan fingerprint density at radius 2 is 2.00 bits per heavy atom. The number of benzene rings is 1. The molecule has 2 aromatic rings. The van der Waals surface area contributed by atoms with Crippen molar-refractivity contribution in [1.82, 2.24) is 19.6 Å². The van der Waals surface area contributed by atoms with Crippen molar-refractivity contribution in [1.29, 1.82) is 0 Å². The molecule has 8 heteroatoms. The van der Waals surface area contributed by atoms with Gasteiger partial charge in [-0.05, 0) is 26.0 Å². The lowest BCUT2D eigenvalue weighted by Crippen LogP contribution is -2.51. The number of nitrogens with zero attached hydrogens (tertiary/aromatic N) is 4. The van der Waals surface area contributed by atoms with Crippen LogP contribution in [0.4, 0.5) is 0 Å². The normalized spacial score (nSPS) is 22.9. The number of Topliss-reactive ketones (excluding diaryl/α,β-unsaturated/α-hetero) is 1. The zero-order valence-electron chi connectivity index (χ0n) is 17.7. The van der Waals surface area contributed by atoms with Crippen molar-refractivity contribution in [2.45, 2.75) is 19.9 Å². The molecule has 0 saturated carbocycles. The quantitative estimate of drug-likeness (QED) is 0.772. The van der Waals surface area contributed by atoms with Gasteiger partial charge in [0, 0.05) is 39.4 Å². The Balaban J connectivity index is 1.70. The van der Waals surface area contributed by atoms with Gasteiger partial charge in [0.25, 0.3) is 5.91 Å². The zero-order chi connectivity index (χ0) is 21.6. The van der Waals surface area contributed by atoms with Crippen LogP contribution in [-0.2, 0) is 4.79 Å². The molecule has 1 aromatic heterocycles. The van der Waals surface area contributed by atoms with Crippen LogP contribution in [0.5, 0.6) is 5.75 Å². The molecule has 1 saturated heterocycles. The number of likely N-dealkylation sites (tertiary alicyclic amines) is 1. The van der Waals surface area contributed by atoms with E-state index in [-0.39, 0.29) is 43.3 Å². The maximum absolute atomic E-state index is 13.6. The molecule has 2 aliphatic heterocycles. The highest BCUT2D eigenvalue weighted by Gasteiger charge is 2.59. The zero-order valence-corrected chi connectivity index (χ0v) is 17.7. The van der Waals surface area contributed by atoms with E-state index in [9.17, 15) is 14.4 Å². The van der Waals surface area contributed by atoms with Crippen LogP contribution in [-0.4, -0.2) is 71.0 Å². The van der Waals surface area contributed by atoms with Crippen molar-refractivity contribution in [3.63, 3.8) is 0 Å². The Bertz CT molecular complexity index is 1010. The van der Waals surface area contributed by atoms with E-state index in [4.69, 9.17) is 4.74 Å². The van der Waals surface area contributed by atoms with Gasteiger partial charge in [-0.15, -0.1) is 0 Å². The van der Waals surface area contributed by atoms with Crippen molar-refractivity contribution in [2.24, 2.45) is 11.3 Å². The molecule has 0 radical (unpaired) electrons. The maximum Gasteiger partial charge on any atom is 0.257 e. The molecule has 1 fully saturated rings. The molecule has 1 aromatic carbocycles. The molecule has 30 heavy (non-hydrogen) atoms. The molecule has 0 aliphatic carbocycles. The minimum Gasteiger partial charge on any atom is -0.492 e. The molecule has 4 rings (SSSR count). The second-order valence-electron chi connectivity index (χ2n) is 8.54. The summed E-state index contributed by atoms with van der Waals surface area (Å²) >= 11 is 0. The fraction of sp³-hybridized carbons (Fsp3) is 0.455. The monoisotopic (exact) mass is 410 g/mol. The molecule has 0 unspecified atom stereocenters. The van der Waals surface area contributed by atoms with Crippen LogP contribution in [0.15, 0.2) is 36.7 Å². The number of amides is 2. The summed E-state index contributed by atoms with van der Waals surface area (Å²) in [7, 11) is 3.32. The fourth-order valence-corrected chi connectivity index (χ4v) is 4.30. The van der Waals surface area contributed by atoms with Gasteiger partial charge < -0.3 is 14.5 Å². The van der Waals surface area contributed by atoms with Crippen LogP contribution in [0.1, 0.15) is 40.6 Å². The van der Waals surface area contributed by atoms with Crippen molar-refractivity contribution < 1.29 is 19.1 Å². The molecule has 158 valence electrons. The summed E-state index contributed by atoms with van der Waals surface area (Å²) in [5.41, 5.74) is -0.192. The molecule has 8 nitrogen and oxygen atoms in total. The third-order valence-electron chi connectivity index (χ3n) is 6.02. The molecule has 0 N–H and O–H groups in total. The fourth-order valence-electron chi connectivity index (χ4n) is 4.30. The molecular formula is C22H26N4O4. The highest BCUT2D eigenvalue weighted by Crippen LogP contribution is 2.45. The van der Waals surface area contributed by atoms with E-state index in [1.165, 1.54) is 11.1 Å². The van der Waals surface area contributed by atoms with Gasteiger partial charge in [0.05, 0.1) is 28.7 Å². The summed E-state index contributed by atoms with van der Waals surface area (Å²) in [6.45, 7) is 4.33. The van der Waals surface area contributed by atoms with Crippen LogP contribution in [0, 0.1) is 11.3 Å². The summed E-state index contributed by atoms with van der Waals surface area (Å²) in [6, 6.07) is 7.18. The predicted octanol–water partition coefficient (Wildman–Crippen LogP) is 1.89. The highest BCUT2D eigenvalue weighted by molar-refractivity contribution is 6.07. The summed E-state index contributed by atoms with van der Waals surface area (Å²) in [6.07, 6.45) is 3.24. The molecule has 3 heterocycles. The third-order valence-corrected chi connectivity index (χ3v) is 6.02. The average Bonchev–Trinajstić information content (AvgIpc) is 3.36. The standard InChI is InChI=1S/C22H26N4O4/c1-14(2)26-10-15(9-23-26)20(28)25-11-17(21(29)24(3)4)22(12-25)13-30-18-8-6-5-7-16(18)19(22)27/h5-10,14,17H,11-13H2,1-4H3/t17-,22-/m1/s1. The van der Waals surface area contributed by atoms with E-state index in [0.717, 1.165) is 0 Å². The topological polar surface area (TPSA) is 84.7 Å². The second kappa shape index (κ2) is 7.27. The molecule has 1 spiro atoms. The van der Waals surface area contributed by atoms with Crippen LogP contribution >= 0.6 is 0 Å². The Kier molecular flexibility index (Phi) is 4.88. The van der Waals surface area contributed by atoms with E-state index in [1.807, 2.05) is 19.9 Å². The van der Waals surface area contributed by atoms with E-state index >= 15 is 0 Å². The van der Waals surface area contributed by atoms with Crippen molar-refractivity contribution in [3.8, 4) is 5.75 Å². The number of hydrogen-bond acceptors (Lipinski definition) is 5. The first-order valence-corrected chi connectivity index (χ1v) is 10.1. The number of rotatable bonds is 3. The molecule has 2 aliphatic rings. The van der Waals surface area contributed by atoms with Crippen molar-refractivity contribution in [2.75, 3.05) is 33.8 Å². The Labute approximate surface area is 175 Å². The summed E-state index contributed by atoms with van der Waals surface area (Å²) in [4.78, 5) is 42.9. The number of para-hydroxylation sites is 1. The van der Waals surface area contributed by atoms with Gasteiger partial charge in [0.1, 0.15) is 12.4 Å². The van der Waals surface area contributed by atoms with Crippen LogP contribution in [0.3, 0.4) is 0 Å². The van der Waals surface area contributed by atoms with Gasteiger partial charge in [-0.25, -0.2) is 0 Å². The van der Waals surface area contributed by atoms with E-state index in [2.05, 4.69) is 5.10 Å². The maximum atomic E-state index is 13.6. The van der Waals surface area contributed by atoms with Crippen LogP contribution in [0.2, 0.25) is 0 Å². The number of carbonyl (C=O) groups is 3. The number of hydrogen-bond donors (Lipinski definition) is 0. The third kappa shape index (κ3) is 3.07. The van der Waals surface area contributed by atoms with Crippen molar-refractivity contribution in [3.05, 3.63) is 47.8 Å². The van der Waals surface area contributed by atoms with E-state index < -0.39 is 11.3 Å². The SMILES string of the molecule is CC(C)n1cc(C(=O)N2C[C@H](C(=O)N(C)C)[C@]3(COc4ccccc4C3=O)C2)cn1. The number of aromatic nitrogens is 2. The number of carbonyl (C=O) groups excluding carboxylic acids is 3. The Morgan fingerprint density at radius 1 is 1.27 bits per heavy atom.